The second-order valence-corrected chi connectivity index (χ2v) is 8.75. The lowest BCUT2D eigenvalue weighted by atomic mass is 10.2. The van der Waals surface area contributed by atoms with Crippen molar-refractivity contribution in [3.05, 3.63) is 34.2 Å². The Bertz CT molecular complexity index is 719. The molecule has 2 rings (SSSR count). The Kier molecular flexibility index (Phi) is 4.66. The van der Waals surface area contributed by atoms with Crippen molar-refractivity contribution in [1.29, 1.82) is 0 Å². The number of fused-ring (bicyclic) bond motifs is 1. The zero-order chi connectivity index (χ0) is 16.7. The molecule has 1 unspecified atom stereocenters. The van der Waals surface area contributed by atoms with Crippen molar-refractivity contribution in [3.63, 3.8) is 0 Å². The first-order chi connectivity index (χ1) is 9.98. The minimum atomic E-state index is -2.94. The van der Waals surface area contributed by atoms with Crippen LogP contribution in [0.4, 0.5) is 8.78 Å². The van der Waals surface area contributed by atoms with Crippen LogP contribution in [0.15, 0.2) is 27.3 Å². The Hall–Kier alpha value is -0.990. The highest BCUT2D eigenvalue weighted by atomic mass is 79.9. The molecule has 4 nitrogen and oxygen atoms in total. The van der Waals surface area contributed by atoms with Crippen molar-refractivity contribution in [2.45, 2.75) is 38.4 Å². The third kappa shape index (κ3) is 3.85. The molecule has 0 saturated carbocycles. The van der Waals surface area contributed by atoms with E-state index in [9.17, 15) is 13.3 Å². The van der Waals surface area contributed by atoms with Gasteiger partial charge in [0.05, 0.1) is 4.47 Å². The molecule has 8 heteroatoms. The molecule has 1 atom stereocenters. The maximum atomic E-state index is 13.4. The fourth-order valence-electron chi connectivity index (χ4n) is 1.64. The second kappa shape index (κ2) is 5.90. The van der Waals surface area contributed by atoms with Gasteiger partial charge in [-0.1, -0.05) is 4.40 Å². The van der Waals surface area contributed by atoms with Crippen molar-refractivity contribution in [2.24, 2.45) is 4.40 Å². The van der Waals surface area contributed by atoms with E-state index in [4.69, 9.17) is 0 Å². The maximum absolute atomic E-state index is 13.4. The van der Waals surface area contributed by atoms with Gasteiger partial charge in [0.25, 0.3) is 5.92 Å². The quantitative estimate of drug-likeness (QED) is 0.584. The summed E-state index contributed by atoms with van der Waals surface area (Å²) >= 11 is 1.85. The highest BCUT2D eigenvalue weighted by molar-refractivity contribution is 9.10. The highest BCUT2D eigenvalue weighted by Gasteiger charge is 2.27. The number of hydrogen-bond donors (Lipinski definition) is 0. The van der Waals surface area contributed by atoms with E-state index in [1.807, 2.05) is 20.8 Å². The molecule has 0 radical (unpaired) electrons. The largest absolute Gasteiger partial charge is 0.591 e. The van der Waals surface area contributed by atoms with Gasteiger partial charge in [0.15, 0.2) is 5.65 Å². The Labute approximate surface area is 139 Å². The van der Waals surface area contributed by atoms with Gasteiger partial charge < -0.3 is 8.95 Å². The molecule has 0 aliphatic rings. The number of rotatable bonds is 3. The molecule has 0 aromatic carbocycles. The van der Waals surface area contributed by atoms with E-state index >= 15 is 0 Å². The molecule has 0 aliphatic heterocycles. The van der Waals surface area contributed by atoms with Crippen molar-refractivity contribution >= 4 is 39.2 Å². The van der Waals surface area contributed by atoms with Crippen LogP contribution in [0.2, 0.25) is 0 Å². The molecule has 0 spiro atoms. The van der Waals surface area contributed by atoms with Crippen molar-refractivity contribution in [2.75, 3.05) is 0 Å². The molecule has 120 valence electrons. The Morgan fingerprint density at radius 1 is 1.32 bits per heavy atom. The van der Waals surface area contributed by atoms with Gasteiger partial charge in [-0.25, -0.2) is 13.8 Å². The molecule has 0 aliphatic carbocycles. The number of pyridine rings is 1. The van der Waals surface area contributed by atoms with Gasteiger partial charge in [0, 0.05) is 24.9 Å². The molecular weight excluding hydrogens is 376 g/mol. The molecule has 0 fully saturated rings. The summed E-state index contributed by atoms with van der Waals surface area (Å²) in [4.78, 5) is 4.28. The van der Waals surface area contributed by atoms with Gasteiger partial charge in [-0.3, -0.25) is 0 Å². The molecule has 22 heavy (non-hydrogen) atoms. The summed E-state index contributed by atoms with van der Waals surface area (Å²) in [5.74, 6) is -2.94. The zero-order valence-corrected chi connectivity index (χ0v) is 15.0. The van der Waals surface area contributed by atoms with Crippen LogP contribution in [-0.2, 0) is 17.3 Å². The number of hydrogen-bond acceptors (Lipinski definition) is 3. The average Bonchev–Trinajstić information content (AvgIpc) is 2.77. The Morgan fingerprint density at radius 2 is 1.95 bits per heavy atom. The van der Waals surface area contributed by atoms with Crippen LogP contribution in [-0.4, -0.2) is 24.9 Å². The van der Waals surface area contributed by atoms with E-state index in [-0.39, 0.29) is 5.56 Å². The predicted octanol–water partition coefficient (Wildman–Crippen LogP) is 4.09. The van der Waals surface area contributed by atoms with E-state index < -0.39 is 22.0 Å². The summed E-state index contributed by atoms with van der Waals surface area (Å²) in [5.41, 5.74) is 0.830. The summed E-state index contributed by atoms with van der Waals surface area (Å²) in [7, 11) is 0. The number of halogens is 3. The normalized spacial score (nSPS) is 14.9. The smallest absolute Gasteiger partial charge is 0.271 e. The first-order valence-corrected chi connectivity index (χ1v) is 8.41. The standard InChI is InChI=1S/C14H16BrF2N3OS/c1-13(2,3)22(21)18-6-10-8-20-7-9(14(4,16)17)5-11(15)12(20)19-10/h5-8H,1-4H3. The molecule has 0 amide bonds. The lowest BCUT2D eigenvalue weighted by Crippen LogP contribution is -2.25. The van der Waals surface area contributed by atoms with Crippen molar-refractivity contribution in [1.82, 2.24) is 9.38 Å². The monoisotopic (exact) mass is 391 g/mol. The Balaban J connectivity index is 2.39. The molecule has 2 aromatic heterocycles. The lowest BCUT2D eigenvalue weighted by molar-refractivity contribution is 0.0170. The van der Waals surface area contributed by atoms with Crippen LogP contribution < -0.4 is 0 Å². The lowest BCUT2D eigenvalue weighted by Gasteiger charge is -2.17. The fourth-order valence-corrected chi connectivity index (χ4v) is 2.70. The van der Waals surface area contributed by atoms with Crippen LogP contribution in [0.3, 0.4) is 0 Å². The Morgan fingerprint density at radius 3 is 2.50 bits per heavy atom. The van der Waals surface area contributed by atoms with E-state index in [0.717, 1.165) is 6.92 Å². The van der Waals surface area contributed by atoms with Gasteiger partial charge in [-0.15, -0.1) is 0 Å². The summed E-state index contributed by atoms with van der Waals surface area (Å²) in [5, 5.41) is 0. The third-order valence-electron chi connectivity index (χ3n) is 2.84. The minimum Gasteiger partial charge on any atom is -0.591 e. The fraction of sp³-hybridized carbons (Fsp3) is 0.429. The van der Waals surface area contributed by atoms with E-state index in [0.29, 0.717) is 15.8 Å². The summed E-state index contributed by atoms with van der Waals surface area (Å²) in [6.07, 6.45) is 4.29. The van der Waals surface area contributed by atoms with E-state index in [1.54, 1.807) is 6.20 Å². The second-order valence-electron chi connectivity index (χ2n) is 5.96. The number of imidazole rings is 1. The summed E-state index contributed by atoms with van der Waals surface area (Å²) in [6.45, 7) is 6.29. The first kappa shape index (κ1) is 17.4. The molecule has 0 bridgehead atoms. The topological polar surface area (TPSA) is 52.7 Å². The summed E-state index contributed by atoms with van der Waals surface area (Å²) in [6, 6.07) is 1.34. The SMILES string of the molecule is CC(F)(F)c1cc(Br)c2nc(C=N[S+]([O-])C(C)(C)C)cn2c1. The van der Waals surface area contributed by atoms with E-state index in [2.05, 4.69) is 25.3 Å². The summed E-state index contributed by atoms with van der Waals surface area (Å²) < 4.78 is 44.2. The van der Waals surface area contributed by atoms with Crippen LogP contribution in [0.1, 0.15) is 39.0 Å². The van der Waals surface area contributed by atoms with Crippen molar-refractivity contribution < 1.29 is 13.3 Å². The van der Waals surface area contributed by atoms with E-state index in [1.165, 1.54) is 22.9 Å². The van der Waals surface area contributed by atoms with Gasteiger partial charge in [-0.2, -0.15) is 0 Å². The number of nitrogens with zero attached hydrogens (tertiary/aromatic N) is 3. The molecule has 2 heterocycles. The molecular formula is C14H16BrF2N3OS. The predicted molar refractivity (Wildman–Crippen MR) is 87.9 cm³/mol. The molecule has 2 aromatic rings. The first-order valence-electron chi connectivity index (χ1n) is 6.51. The van der Waals surface area contributed by atoms with Gasteiger partial charge in [0.1, 0.15) is 28.0 Å². The van der Waals surface area contributed by atoms with Crippen LogP contribution in [0.5, 0.6) is 0 Å². The average molecular weight is 392 g/mol. The van der Waals surface area contributed by atoms with Gasteiger partial charge in [-0.05, 0) is 42.8 Å². The van der Waals surface area contributed by atoms with Crippen LogP contribution in [0.25, 0.3) is 5.65 Å². The number of aromatic nitrogens is 2. The zero-order valence-electron chi connectivity index (χ0n) is 12.6. The maximum Gasteiger partial charge on any atom is 0.271 e. The van der Waals surface area contributed by atoms with Gasteiger partial charge >= 0.3 is 0 Å². The number of alkyl halides is 2. The highest BCUT2D eigenvalue weighted by Crippen LogP contribution is 2.30. The molecule has 0 saturated heterocycles. The minimum absolute atomic E-state index is 0.119. The third-order valence-corrected chi connectivity index (χ3v) is 4.76. The van der Waals surface area contributed by atoms with Crippen LogP contribution in [0, 0.1) is 0 Å². The molecule has 0 N–H and O–H groups in total. The van der Waals surface area contributed by atoms with Gasteiger partial charge in [0.2, 0.25) is 0 Å². The van der Waals surface area contributed by atoms with Crippen molar-refractivity contribution in [3.8, 4) is 0 Å². The van der Waals surface area contributed by atoms with Crippen LogP contribution >= 0.6 is 15.9 Å².